The SMILES string of the molecule is NC(=O)c1ccccc1Oc1ccc(F)c(Br)c1. The van der Waals surface area contributed by atoms with Crippen molar-refractivity contribution in [2.24, 2.45) is 5.73 Å². The third kappa shape index (κ3) is 2.68. The number of ether oxygens (including phenoxy) is 1. The smallest absolute Gasteiger partial charge is 0.252 e. The van der Waals surface area contributed by atoms with Crippen LogP contribution < -0.4 is 10.5 Å². The quantitative estimate of drug-likeness (QED) is 0.943. The molecule has 0 spiro atoms. The van der Waals surface area contributed by atoms with E-state index in [-0.39, 0.29) is 15.9 Å². The minimum absolute atomic E-state index is 0.276. The van der Waals surface area contributed by atoms with Crippen LogP contribution in [-0.2, 0) is 0 Å². The van der Waals surface area contributed by atoms with E-state index in [0.717, 1.165) is 0 Å². The molecule has 0 atom stereocenters. The fourth-order valence-corrected chi connectivity index (χ4v) is 1.78. The fourth-order valence-electron chi connectivity index (χ4n) is 1.43. The summed E-state index contributed by atoms with van der Waals surface area (Å²) in [6.07, 6.45) is 0. The molecule has 5 heteroatoms. The van der Waals surface area contributed by atoms with Crippen molar-refractivity contribution in [3.8, 4) is 11.5 Å². The molecule has 2 aromatic rings. The first-order chi connectivity index (χ1) is 8.58. The van der Waals surface area contributed by atoms with Crippen LogP contribution in [0.4, 0.5) is 4.39 Å². The van der Waals surface area contributed by atoms with Gasteiger partial charge in [0.2, 0.25) is 0 Å². The lowest BCUT2D eigenvalue weighted by molar-refractivity contribution is 0.0998. The predicted octanol–water partition coefficient (Wildman–Crippen LogP) is 3.48. The molecule has 0 saturated carbocycles. The minimum Gasteiger partial charge on any atom is -0.456 e. The Hall–Kier alpha value is -1.88. The topological polar surface area (TPSA) is 52.3 Å². The molecule has 0 aliphatic carbocycles. The zero-order valence-electron chi connectivity index (χ0n) is 9.19. The van der Waals surface area contributed by atoms with E-state index >= 15 is 0 Å². The summed E-state index contributed by atoms with van der Waals surface area (Å²) in [5, 5.41) is 0. The van der Waals surface area contributed by atoms with E-state index in [9.17, 15) is 9.18 Å². The number of halogens is 2. The molecule has 1 amide bonds. The van der Waals surface area contributed by atoms with Gasteiger partial charge >= 0.3 is 0 Å². The number of rotatable bonds is 3. The Kier molecular flexibility index (Phi) is 3.62. The predicted molar refractivity (Wildman–Crippen MR) is 69.1 cm³/mol. The van der Waals surface area contributed by atoms with Gasteiger partial charge in [0, 0.05) is 0 Å². The van der Waals surface area contributed by atoms with Crippen LogP contribution in [0.25, 0.3) is 0 Å². The summed E-state index contributed by atoms with van der Waals surface area (Å²) in [7, 11) is 0. The monoisotopic (exact) mass is 309 g/mol. The molecule has 0 aliphatic rings. The highest BCUT2D eigenvalue weighted by Gasteiger charge is 2.10. The Morgan fingerprint density at radius 2 is 1.94 bits per heavy atom. The van der Waals surface area contributed by atoms with Gasteiger partial charge in [0.25, 0.3) is 5.91 Å². The molecule has 2 rings (SSSR count). The molecule has 0 fully saturated rings. The van der Waals surface area contributed by atoms with Crippen LogP contribution in [0.15, 0.2) is 46.9 Å². The summed E-state index contributed by atoms with van der Waals surface area (Å²) in [5.74, 6) is -0.210. The van der Waals surface area contributed by atoms with Gasteiger partial charge in [-0.3, -0.25) is 4.79 Å². The van der Waals surface area contributed by atoms with Crippen LogP contribution in [-0.4, -0.2) is 5.91 Å². The molecule has 18 heavy (non-hydrogen) atoms. The number of carbonyl (C=O) groups excluding carboxylic acids is 1. The van der Waals surface area contributed by atoms with Crippen LogP contribution in [0, 0.1) is 5.82 Å². The van der Waals surface area contributed by atoms with Gasteiger partial charge in [-0.25, -0.2) is 4.39 Å². The highest BCUT2D eigenvalue weighted by molar-refractivity contribution is 9.10. The number of para-hydroxylation sites is 1. The van der Waals surface area contributed by atoms with E-state index < -0.39 is 5.91 Å². The van der Waals surface area contributed by atoms with Crippen LogP contribution in [0.1, 0.15) is 10.4 Å². The molecule has 2 aromatic carbocycles. The highest BCUT2D eigenvalue weighted by atomic mass is 79.9. The maximum Gasteiger partial charge on any atom is 0.252 e. The molecule has 0 saturated heterocycles. The Bertz CT molecular complexity index is 601. The van der Waals surface area contributed by atoms with Crippen LogP contribution in [0.3, 0.4) is 0 Å². The van der Waals surface area contributed by atoms with Crippen molar-refractivity contribution < 1.29 is 13.9 Å². The molecule has 3 nitrogen and oxygen atoms in total. The van der Waals surface area contributed by atoms with E-state index in [1.807, 2.05) is 0 Å². The summed E-state index contributed by atoms with van der Waals surface area (Å²) in [4.78, 5) is 11.2. The number of hydrogen-bond acceptors (Lipinski definition) is 2. The Morgan fingerprint density at radius 3 is 2.61 bits per heavy atom. The van der Waals surface area contributed by atoms with E-state index in [2.05, 4.69) is 15.9 Å². The zero-order chi connectivity index (χ0) is 13.1. The summed E-state index contributed by atoms with van der Waals surface area (Å²) in [6.45, 7) is 0. The van der Waals surface area contributed by atoms with E-state index in [1.165, 1.54) is 18.2 Å². The van der Waals surface area contributed by atoms with Crippen molar-refractivity contribution >= 4 is 21.8 Å². The van der Waals surface area contributed by atoms with Crippen molar-refractivity contribution in [3.05, 3.63) is 58.3 Å². The van der Waals surface area contributed by atoms with Crippen molar-refractivity contribution in [2.45, 2.75) is 0 Å². The van der Waals surface area contributed by atoms with Gasteiger partial charge in [-0.15, -0.1) is 0 Å². The normalized spacial score (nSPS) is 10.1. The van der Waals surface area contributed by atoms with Crippen LogP contribution in [0.5, 0.6) is 11.5 Å². The van der Waals surface area contributed by atoms with E-state index in [0.29, 0.717) is 11.5 Å². The van der Waals surface area contributed by atoms with Gasteiger partial charge in [0.1, 0.15) is 17.3 Å². The van der Waals surface area contributed by atoms with E-state index in [4.69, 9.17) is 10.5 Å². The summed E-state index contributed by atoms with van der Waals surface area (Å²) in [6, 6.07) is 10.8. The molecule has 0 aliphatic heterocycles. The number of benzene rings is 2. The number of amides is 1. The molecular formula is C13H9BrFNO2. The third-order valence-electron chi connectivity index (χ3n) is 2.27. The van der Waals surface area contributed by atoms with Crippen molar-refractivity contribution in [2.75, 3.05) is 0 Å². The Balaban J connectivity index is 2.34. The number of carbonyl (C=O) groups is 1. The molecule has 2 N–H and O–H groups in total. The van der Waals surface area contributed by atoms with E-state index in [1.54, 1.807) is 24.3 Å². The second kappa shape index (κ2) is 5.18. The van der Waals surface area contributed by atoms with Gasteiger partial charge in [-0.1, -0.05) is 12.1 Å². The van der Waals surface area contributed by atoms with Gasteiger partial charge in [0.15, 0.2) is 0 Å². The standard InChI is InChI=1S/C13H9BrFNO2/c14-10-7-8(5-6-11(10)15)18-12-4-2-1-3-9(12)13(16)17/h1-7H,(H2,16,17). The first-order valence-electron chi connectivity index (χ1n) is 5.09. The Labute approximate surface area is 112 Å². The molecule has 0 radical (unpaired) electrons. The third-order valence-corrected chi connectivity index (χ3v) is 2.88. The molecule has 0 unspecified atom stereocenters. The maximum atomic E-state index is 13.1. The van der Waals surface area contributed by atoms with Crippen molar-refractivity contribution in [3.63, 3.8) is 0 Å². The second-order valence-corrected chi connectivity index (χ2v) is 4.39. The molecule has 92 valence electrons. The number of nitrogens with two attached hydrogens (primary N) is 1. The second-order valence-electron chi connectivity index (χ2n) is 3.54. The summed E-state index contributed by atoms with van der Waals surface area (Å²) in [5.41, 5.74) is 5.51. The van der Waals surface area contributed by atoms with Gasteiger partial charge in [-0.2, -0.15) is 0 Å². The molecular weight excluding hydrogens is 301 g/mol. The van der Waals surface area contributed by atoms with Crippen LogP contribution >= 0.6 is 15.9 Å². The lowest BCUT2D eigenvalue weighted by Gasteiger charge is -2.09. The van der Waals surface area contributed by atoms with Gasteiger partial charge in [-0.05, 0) is 46.3 Å². The Morgan fingerprint density at radius 1 is 1.22 bits per heavy atom. The average molecular weight is 310 g/mol. The highest BCUT2D eigenvalue weighted by Crippen LogP contribution is 2.28. The molecule has 0 aromatic heterocycles. The summed E-state index contributed by atoms with van der Waals surface area (Å²) < 4.78 is 18.9. The minimum atomic E-state index is -0.577. The molecule has 0 heterocycles. The lowest BCUT2D eigenvalue weighted by Crippen LogP contribution is -2.11. The van der Waals surface area contributed by atoms with Gasteiger partial charge < -0.3 is 10.5 Å². The maximum absolute atomic E-state index is 13.1. The number of primary amides is 1. The molecule has 0 bridgehead atoms. The number of hydrogen-bond donors (Lipinski definition) is 1. The van der Waals surface area contributed by atoms with Crippen molar-refractivity contribution in [1.29, 1.82) is 0 Å². The zero-order valence-corrected chi connectivity index (χ0v) is 10.8. The first-order valence-corrected chi connectivity index (χ1v) is 5.89. The summed E-state index contributed by atoms with van der Waals surface area (Å²) >= 11 is 3.06. The van der Waals surface area contributed by atoms with Gasteiger partial charge in [0.05, 0.1) is 10.0 Å². The van der Waals surface area contributed by atoms with Crippen LogP contribution in [0.2, 0.25) is 0 Å². The lowest BCUT2D eigenvalue weighted by atomic mass is 10.2. The largest absolute Gasteiger partial charge is 0.456 e. The first kappa shape index (κ1) is 12.6. The van der Waals surface area contributed by atoms with Crippen molar-refractivity contribution in [1.82, 2.24) is 0 Å². The average Bonchev–Trinajstić information content (AvgIpc) is 2.34. The fraction of sp³-hybridized carbons (Fsp3) is 0.